The van der Waals surface area contributed by atoms with E-state index in [4.69, 9.17) is 10.5 Å². The summed E-state index contributed by atoms with van der Waals surface area (Å²) in [4.78, 5) is 23.7. The predicted molar refractivity (Wildman–Crippen MR) is 77.6 cm³/mol. The van der Waals surface area contributed by atoms with Gasteiger partial charge in [-0.25, -0.2) is 0 Å². The van der Waals surface area contributed by atoms with Crippen molar-refractivity contribution >= 4 is 17.5 Å². The number of methoxy groups -OCH3 is 1. The van der Waals surface area contributed by atoms with Crippen LogP contribution in [0.4, 0.5) is 5.69 Å². The first-order chi connectivity index (χ1) is 9.49. The second-order valence-corrected chi connectivity index (χ2v) is 4.44. The van der Waals surface area contributed by atoms with Crippen molar-refractivity contribution in [3.05, 3.63) is 23.8 Å². The molecule has 0 saturated carbocycles. The zero-order valence-corrected chi connectivity index (χ0v) is 12.0. The number of amides is 2. The lowest BCUT2D eigenvalue weighted by Crippen LogP contribution is -2.45. The Morgan fingerprint density at radius 2 is 2.10 bits per heavy atom. The molecule has 0 aliphatic rings. The van der Waals surface area contributed by atoms with Crippen molar-refractivity contribution in [2.75, 3.05) is 19.4 Å². The van der Waals surface area contributed by atoms with Crippen molar-refractivity contribution in [2.24, 2.45) is 0 Å². The summed E-state index contributed by atoms with van der Waals surface area (Å²) in [5.41, 5.74) is 6.51. The molecule has 6 heteroatoms. The summed E-state index contributed by atoms with van der Waals surface area (Å²) in [6.45, 7) is 4.19. The van der Waals surface area contributed by atoms with Crippen molar-refractivity contribution in [1.82, 2.24) is 10.6 Å². The highest BCUT2D eigenvalue weighted by molar-refractivity contribution is 5.98. The number of nitrogen functional groups attached to an aromatic ring is 1. The van der Waals surface area contributed by atoms with E-state index < -0.39 is 6.04 Å². The summed E-state index contributed by atoms with van der Waals surface area (Å²) in [7, 11) is 1.51. The van der Waals surface area contributed by atoms with Crippen LogP contribution in [0.2, 0.25) is 0 Å². The Kier molecular flexibility index (Phi) is 5.83. The molecule has 0 bridgehead atoms. The SMILES string of the molecule is CCCNC(=O)C(C)NC(=O)c1ccc(OC)c(N)c1. The lowest BCUT2D eigenvalue weighted by Gasteiger charge is -2.14. The summed E-state index contributed by atoms with van der Waals surface area (Å²) < 4.78 is 5.02. The monoisotopic (exact) mass is 279 g/mol. The van der Waals surface area contributed by atoms with E-state index in [0.717, 1.165) is 6.42 Å². The molecule has 1 aromatic rings. The molecule has 1 unspecified atom stereocenters. The third kappa shape index (κ3) is 4.15. The highest BCUT2D eigenvalue weighted by Crippen LogP contribution is 2.21. The number of hydrogen-bond acceptors (Lipinski definition) is 4. The molecule has 0 saturated heterocycles. The number of carbonyl (C=O) groups is 2. The minimum atomic E-state index is -0.600. The number of carbonyl (C=O) groups excluding carboxylic acids is 2. The smallest absolute Gasteiger partial charge is 0.251 e. The molecule has 0 aliphatic heterocycles. The Labute approximate surface area is 118 Å². The standard InChI is InChI=1S/C14H21N3O3/c1-4-7-16-13(18)9(2)17-14(19)10-5-6-12(20-3)11(15)8-10/h5-6,8-9H,4,7,15H2,1-3H3,(H,16,18)(H,17,19). The van der Waals surface area contributed by atoms with Gasteiger partial charge in [0.2, 0.25) is 5.91 Å². The second-order valence-electron chi connectivity index (χ2n) is 4.44. The first-order valence-corrected chi connectivity index (χ1v) is 6.51. The van der Waals surface area contributed by atoms with Crippen LogP contribution in [0, 0.1) is 0 Å². The molecule has 0 fully saturated rings. The van der Waals surface area contributed by atoms with Gasteiger partial charge in [-0.15, -0.1) is 0 Å². The first kappa shape index (κ1) is 15.8. The fourth-order valence-electron chi connectivity index (χ4n) is 1.62. The van der Waals surface area contributed by atoms with E-state index in [1.807, 2.05) is 6.92 Å². The summed E-state index contributed by atoms with van der Waals surface area (Å²) in [5.74, 6) is -0.0459. The third-order valence-electron chi connectivity index (χ3n) is 2.78. The molecule has 0 heterocycles. The van der Waals surface area contributed by atoms with Crippen LogP contribution < -0.4 is 21.1 Å². The number of ether oxygens (including phenoxy) is 1. The number of hydrogen-bond donors (Lipinski definition) is 3. The second kappa shape index (κ2) is 7.37. The fourth-order valence-corrected chi connectivity index (χ4v) is 1.62. The molecule has 2 amide bonds. The molecule has 0 radical (unpaired) electrons. The molecular weight excluding hydrogens is 258 g/mol. The molecule has 1 rings (SSSR count). The zero-order valence-electron chi connectivity index (χ0n) is 12.0. The van der Waals surface area contributed by atoms with Gasteiger partial charge in [-0.05, 0) is 31.5 Å². The van der Waals surface area contributed by atoms with Gasteiger partial charge < -0.3 is 21.1 Å². The zero-order chi connectivity index (χ0) is 15.1. The van der Waals surface area contributed by atoms with Gasteiger partial charge in [0.15, 0.2) is 0 Å². The van der Waals surface area contributed by atoms with Crippen molar-refractivity contribution in [1.29, 1.82) is 0 Å². The van der Waals surface area contributed by atoms with Gasteiger partial charge in [0.1, 0.15) is 11.8 Å². The van der Waals surface area contributed by atoms with Crippen LogP contribution in [-0.4, -0.2) is 31.5 Å². The molecule has 4 N–H and O–H groups in total. The van der Waals surface area contributed by atoms with E-state index in [1.54, 1.807) is 19.1 Å². The summed E-state index contributed by atoms with van der Waals surface area (Å²) >= 11 is 0. The molecule has 6 nitrogen and oxygen atoms in total. The molecular formula is C14H21N3O3. The maximum Gasteiger partial charge on any atom is 0.251 e. The highest BCUT2D eigenvalue weighted by atomic mass is 16.5. The molecule has 1 aromatic carbocycles. The Bertz CT molecular complexity index is 489. The van der Waals surface area contributed by atoms with Crippen LogP contribution in [0.3, 0.4) is 0 Å². The van der Waals surface area contributed by atoms with Gasteiger partial charge in [-0.2, -0.15) is 0 Å². The normalized spacial score (nSPS) is 11.6. The topological polar surface area (TPSA) is 93.5 Å². The van der Waals surface area contributed by atoms with E-state index in [-0.39, 0.29) is 11.8 Å². The Balaban J connectivity index is 2.66. The van der Waals surface area contributed by atoms with E-state index in [9.17, 15) is 9.59 Å². The van der Waals surface area contributed by atoms with E-state index in [2.05, 4.69) is 10.6 Å². The van der Waals surface area contributed by atoms with Crippen molar-refractivity contribution in [2.45, 2.75) is 26.3 Å². The van der Waals surface area contributed by atoms with Gasteiger partial charge in [0.25, 0.3) is 5.91 Å². The number of rotatable bonds is 6. The number of anilines is 1. The quantitative estimate of drug-likeness (QED) is 0.675. The lowest BCUT2D eigenvalue weighted by atomic mass is 10.1. The average molecular weight is 279 g/mol. The summed E-state index contributed by atoms with van der Waals surface area (Å²) in [6, 6.07) is 4.13. The fraction of sp³-hybridized carbons (Fsp3) is 0.429. The van der Waals surface area contributed by atoms with Gasteiger partial charge in [-0.3, -0.25) is 9.59 Å². The first-order valence-electron chi connectivity index (χ1n) is 6.51. The largest absolute Gasteiger partial charge is 0.495 e. The maximum atomic E-state index is 12.0. The predicted octanol–water partition coefficient (Wildman–Crippen LogP) is 0.922. The molecule has 0 aromatic heterocycles. The Hall–Kier alpha value is -2.24. The molecule has 0 spiro atoms. The van der Waals surface area contributed by atoms with Crippen molar-refractivity contribution in [3.63, 3.8) is 0 Å². The highest BCUT2D eigenvalue weighted by Gasteiger charge is 2.16. The molecule has 110 valence electrons. The van der Waals surface area contributed by atoms with Crippen molar-refractivity contribution < 1.29 is 14.3 Å². The lowest BCUT2D eigenvalue weighted by molar-refractivity contribution is -0.122. The van der Waals surface area contributed by atoms with Crippen LogP contribution in [0.25, 0.3) is 0 Å². The van der Waals surface area contributed by atoms with E-state index >= 15 is 0 Å². The van der Waals surface area contributed by atoms with Crippen LogP contribution in [0.15, 0.2) is 18.2 Å². The van der Waals surface area contributed by atoms with E-state index in [0.29, 0.717) is 23.5 Å². The van der Waals surface area contributed by atoms with Crippen LogP contribution in [-0.2, 0) is 4.79 Å². The minimum absolute atomic E-state index is 0.207. The maximum absolute atomic E-state index is 12.0. The molecule has 0 aliphatic carbocycles. The van der Waals surface area contributed by atoms with Crippen LogP contribution in [0.5, 0.6) is 5.75 Å². The van der Waals surface area contributed by atoms with Gasteiger partial charge in [0, 0.05) is 12.1 Å². The van der Waals surface area contributed by atoms with Gasteiger partial charge in [-0.1, -0.05) is 6.92 Å². The average Bonchev–Trinajstić information content (AvgIpc) is 2.44. The number of nitrogens with two attached hydrogens (primary N) is 1. The molecule has 20 heavy (non-hydrogen) atoms. The summed E-state index contributed by atoms with van der Waals surface area (Å²) in [6.07, 6.45) is 0.849. The summed E-state index contributed by atoms with van der Waals surface area (Å²) in [5, 5.41) is 5.34. The Morgan fingerprint density at radius 3 is 2.65 bits per heavy atom. The van der Waals surface area contributed by atoms with Crippen LogP contribution in [0.1, 0.15) is 30.6 Å². The third-order valence-corrected chi connectivity index (χ3v) is 2.78. The van der Waals surface area contributed by atoms with Gasteiger partial charge >= 0.3 is 0 Å². The Morgan fingerprint density at radius 1 is 1.40 bits per heavy atom. The number of nitrogens with one attached hydrogen (secondary N) is 2. The number of benzene rings is 1. The van der Waals surface area contributed by atoms with Crippen molar-refractivity contribution in [3.8, 4) is 5.75 Å². The van der Waals surface area contributed by atoms with Crippen LogP contribution >= 0.6 is 0 Å². The minimum Gasteiger partial charge on any atom is -0.495 e. The molecule has 1 atom stereocenters. The van der Waals surface area contributed by atoms with E-state index in [1.165, 1.54) is 13.2 Å². The van der Waals surface area contributed by atoms with Gasteiger partial charge in [0.05, 0.1) is 12.8 Å².